The van der Waals surface area contributed by atoms with E-state index >= 15 is 0 Å². The number of nitrogens with zero attached hydrogens (tertiary/aromatic N) is 1. The molecule has 2 aliphatic rings. The zero-order valence-corrected chi connectivity index (χ0v) is 13.6. The van der Waals surface area contributed by atoms with Gasteiger partial charge in [-0.05, 0) is 29.3 Å². The highest BCUT2D eigenvalue weighted by atomic mass is 32.2. The predicted octanol–water partition coefficient (Wildman–Crippen LogP) is 4.48. The Morgan fingerprint density at radius 1 is 1.09 bits per heavy atom. The van der Waals surface area contributed by atoms with Crippen LogP contribution < -0.4 is 0 Å². The highest BCUT2D eigenvalue weighted by Gasteiger charge is 2.63. The van der Waals surface area contributed by atoms with E-state index in [-0.39, 0.29) is 11.0 Å². The van der Waals surface area contributed by atoms with Crippen molar-refractivity contribution >= 4 is 33.0 Å². The molecule has 0 aromatic heterocycles. The van der Waals surface area contributed by atoms with Gasteiger partial charge in [0.2, 0.25) is 5.12 Å². The molecule has 0 saturated heterocycles. The number of benzene rings is 2. The van der Waals surface area contributed by atoms with Crippen molar-refractivity contribution in [3.05, 3.63) is 71.8 Å². The largest absolute Gasteiger partial charge is 0.284 e. The van der Waals surface area contributed by atoms with Crippen molar-refractivity contribution in [1.29, 1.82) is 0 Å². The lowest BCUT2D eigenvalue weighted by Gasteiger charge is -2.03. The van der Waals surface area contributed by atoms with Crippen LogP contribution in [0.3, 0.4) is 0 Å². The number of hydrogen-bond acceptors (Lipinski definition) is 4. The molecule has 22 heavy (non-hydrogen) atoms. The monoisotopic (exact) mass is 325 g/mol. The lowest BCUT2D eigenvalue weighted by molar-refractivity contribution is -0.112. The molecule has 1 heterocycles. The van der Waals surface area contributed by atoms with Crippen molar-refractivity contribution in [1.82, 2.24) is 0 Å². The summed E-state index contributed by atoms with van der Waals surface area (Å²) < 4.78 is 0.923. The molecule has 1 unspecified atom stereocenters. The van der Waals surface area contributed by atoms with Crippen LogP contribution in [-0.4, -0.2) is 15.0 Å². The van der Waals surface area contributed by atoms with Crippen LogP contribution in [0.2, 0.25) is 0 Å². The normalized spacial score (nSPS) is 26.3. The van der Waals surface area contributed by atoms with Gasteiger partial charge in [0.05, 0.1) is 0 Å². The molecule has 0 N–H and O–H groups in total. The third kappa shape index (κ3) is 2.50. The maximum Gasteiger partial charge on any atom is 0.223 e. The van der Waals surface area contributed by atoms with E-state index in [1.165, 1.54) is 22.9 Å². The Balaban J connectivity index is 1.47. The highest BCUT2D eigenvalue weighted by Crippen LogP contribution is 2.60. The minimum atomic E-state index is -0.467. The van der Waals surface area contributed by atoms with Gasteiger partial charge in [-0.3, -0.25) is 9.79 Å². The van der Waals surface area contributed by atoms with Crippen molar-refractivity contribution in [3.63, 3.8) is 0 Å². The minimum absolute atomic E-state index is 0.219. The Hall–Kier alpha value is -1.52. The average molecular weight is 325 g/mol. The number of hydrogen-bond donors (Lipinski definition) is 0. The average Bonchev–Trinajstić information content (AvgIpc) is 3.21. The summed E-state index contributed by atoms with van der Waals surface area (Å²) in [5.41, 5.74) is 2.03. The number of rotatable bonds is 3. The molecular weight excluding hydrogens is 310 g/mol. The standard InChI is InChI=1S/C18H15NOS2/c20-16-18(11-15(18)14-9-5-2-6-10-14)19-17(22-16)21-12-13-7-3-1-4-8-13/h1-10,15H,11-12H2/t15-,18?/m1/s1. The molecule has 1 spiro atoms. The van der Waals surface area contributed by atoms with E-state index < -0.39 is 5.54 Å². The second-order valence-corrected chi connectivity index (χ2v) is 7.82. The Kier molecular flexibility index (Phi) is 3.59. The van der Waals surface area contributed by atoms with E-state index in [9.17, 15) is 4.79 Å². The molecule has 2 aromatic rings. The van der Waals surface area contributed by atoms with Crippen LogP contribution in [-0.2, 0) is 10.5 Å². The van der Waals surface area contributed by atoms with Gasteiger partial charge in [-0.1, -0.05) is 72.4 Å². The van der Waals surface area contributed by atoms with Crippen LogP contribution in [0.4, 0.5) is 0 Å². The quantitative estimate of drug-likeness (QED) is 0.833. The van der Waals surface area contributed by atoms with E-state index in [1.807, 2.05) is 36.4 Å². The number of carbonyl (C=O) groups excluding carboxylic acids is 1. The maximum absolute atomic E-state index is 12.4. The molecule has 2 nitrogen and oxygen atoms in total. The Morgan fingerprint density at radius 3 is 2.50 bits per heavy atom. The van der Waals surface area contributed by atoms with Gasteiger partial charge in [0.15, 0.2) is 0 Å². The van der Waals surface area contributed by atoms with E-state index in [1.54, 1.807) is 11.8 Å². The van der Waals surface area contributed by atoms with Crippen LogP contribution in [0.1, 0.15) is 23.5 Å². The molecule has 2 atom stereocenters. The molecule has 0 radical (unpaired) electrons. The molecule has 4 rings (SSSR count). The van der Waals surface area contributed by atoms with Crippen molar-refractivity contribution in [2.24, 2.45) is 4.99 Å². The van der Waals surface area contributed by atoms with Crippen molar-refractivity contribution < 1.29 is 4.79 Å². The van der Waals surface area contributed by atoms with Gasteiger partial charge in [-0.2, -0.15) is 0 Å². The topological polar surface area (TPSA) is 29.4 Å². The highest BCUT2D eigenvalue weighted by molar-refractivity contribution is 8.45. The zero-order chi connectivity index (χ0) is 15.0. The van der Waals surface area contributed by atoms with Crippen LogP contribution in [0.5, 0.6) is 0 Å². The fourth-order valence-corrected chi connectivity index (χ4v) is 5.03. The molecule has 4 heteroatoms. The Morgan fingerprint density at radius 2 is 1.77 bits per heavy atom. The third-order valence-corrected chi connectivity index (χ3v) is 6.39. The predicted molar refractivity (Wildman–Crippen MR) is 94.3 cm³/mol. The summed E-state index contributed by atoms with van der Waals surface area (Å²) >= 11 is 3.00. The van der Waals surface area contributed by atoms with Gasteiger partial charge in [0.25, 0.3) is 0 Å². The summed E-state index contributed by atoms with van der Waals surface area (Å²) in [5.74, 6) is 1.13. The van der Waals surface area contributed by atoms with Crippen molar-refractivity contribution in [3.8, 4) is 0 Å². The van der Waals surface area contributed by atoms with Gasteiger partial charge in [0.1, 0.15) is 9.91 Å². The van der Waals surface area contributed by atoms with Gasteiger partial charge < -0.3 is 0 Å². The first-order valence-electron chi connectivity index (χ1n) is 7.32. The maximum atomic E-state index is 12.4. The fourth-order valence-electron chi connectivity index (χ4n) is 2.86. The molecule has 2 aromatic carbocycles. The SMILES string of the molecule is O=C1SC(SCc2ccccc2)=NC12C[C@@H]2c1ccccc1. The first-order valence-corrected chi connectivity index (χ1v) is 9.12. The van der Waals surface area contributed by atoms with Crippen LogP contribution >= 0.6 is 23.5 Å². The smallest absolute Gasteiger partial charge is 0.223 e. The summed E-state index contributed by atoms with van der Waals surface area (Å²) in [4.78, 5) is 17.2. The third-order valence-electron chi connectivity index (χ3n) is 4.16. The molecule has 1 aliphatic heterocycles. The molecule has 0 amide bonds. The summed E-state index contributed by atoms with van der Waals surface area (Å²) in [6.45, 7) is 0. The fraction of sp³-hybridized carbons (Fsp3) is 0.222. The first-order chi connectivity index (χ1) is 10.8. The van der Waals surface area contributed by atoms with Gasteiger partial charge >= 0.3 is 0 Å². The van der Waals surface area contributed by atoms with Gasteiger partial charge in [-0.25, -0.2) is 0 Å². The molecule has 1 saturated carbocycles. The number of carbonyl (C=O) groups is 1. The van der Waals surface area contributed by atoms with Gasteiger partial charge in [0, 0.05) is 11.7 Å². The summed E-state index contributed by atoms with van der Waals surface area (Å²) in [5, 5.41) is 0.219. The zero-order valence-electron chi connectivity index (χ0n) is 11.9. The second-order valence-electron chi connectivity index (χ2n) is 5.63. The van der Waals surface area contributed by atoms with E-state index in [2.05, 4.69) is 24.3 Å². The van der Waals surface area contributed by atoms with Crippen LogP contribution in [0.15, 0.2) is 65.7 Å². The number of thioether (sulfide) groups is 2. The molecule has 110 valence electrons. The lowest BCUT2D eigenvalue weighted by atomic mass is 10.1. The molecule has 1 fully saturated rings. The van der Waals surface area contributed by atoms with Crippen molar-refractivity contribution in [2.75, 3.05) is 0 Å². The van der Waals surface area contributed by atoms with Crippen LogP contribution in [0.25, 0.3) is 0 Å². The Bertz CT molecular complexity index is 729. The van der Waals surface area contributed by atoms with E-state index in [0.29, 0.717) is 0 Å². The van der Waals surface area contributed by atoms with Crippen molar-refractivity contribution in [2.45, 2.75) is 23.6 Å². The Labute approximate surface area is 138 Å². The van der Waals surface area contributed by atoms with E-state index in [4.69, 9.17) is 4.99 Å². The summed E-state index contributed by atoms with van der Waals surface area (Å²) in [6.07, 6.45) is 0.859. The second kappa shape index (κ2) is 5.60. The summed E-state index contributed by atoms with van der Waals surface area (Å²) in [6, 6.07) is 20.6. The van der Waals surface area contributed by atoms with Gasteiger partial charge in [-0.15, -0.1) is 0 Å². The first kappa shape index (κ1) is 14.1. The van der Waals surface area contributed by atoms with E-state index in [0.717, 1.165) is 16.5 Å². The minimum Gasteiger partial charge on any atom is -0.284 e. The van der Waals surface area contributed by atoms with Crippen LogP contribution in [0, 0.1) is 0 Å². The summed E-state index contributed by atoms with van der Waals surface area (Å²) in [7, 11) is 0. The molecule has 1 aliphatic carbocycles. The molecular formula is C18H15NOS2. The number of aliphatic imine (C=N–C) groups is 1. The molecule has 0 bridgehead atoms. The lowest BCUT2D eigenvalue weighted by Crippen LogP contribution is -2.14.